The summed E-state index contributed by atoms with van der Waals surface area (Å²) in [5, 5.41) is 7.22. The van der Waals surface area contributed by atoms with Crippen molar-refractivity contribution in [1.82, 2.24) is 5.32 Å². The van der Waals surface area contributed by atoms with Crippen LogP contribution in [0.25, 0.3) is 0 Å². The van der Waals surface area contributed by atoms with Crippen LogP contribution in [0.15, 0.2) is 23.1 Å². The molecular weight excluding hydrogens is 328 g/mol. The van der Waals surface area contributed by atoms with Gasteiger partial charge in [-0.05, 0) is 18.2 Å². The molecule has 1 rings (SSSR count). The van der Waals surface area contributed by atoms with E-state index in [1.165, 1.54) is 12.1 Å². The summed E-state index contributed by atoms with van der Waals surface area (Å²) in [6, 6.07) is 3.58. The van der Waals surface area contributed by atoms with Crippen LogP contribution in [0.4, 0.5) is 0 Å². The first-order valence-corrected chi connectivity index (χ1v) is 9.27. The third-order valence-corrected chi connectivity index (χ3v) is 4.60. The predicted octanol–water partition coefficient (Wildman–Crippen LogP) is -0.238. The van der Waals surface area contributed by atoms with Crippen LogP contribution in [0.2, 0.25) is 5.02 Å². The summed E-state index contributed by atoms with van der Waals surface area (Å²) in [6.45, 7) is -0.0784. The minimum atomic E-state index is -4.04. The number of primary sulfonamides is 1. The number of nitrogens with two attached hydrogens (primary N) is 1. The van der Waals surface area contributed by atoms with Crippen LogP contribution in [0.5, 0.6) is 0 Å². The van der Waals surface area contributed by atoms with E-state index in [9.17, 15) is 21.6 Å². The molecule has 10 heteroatoms. The van der Waals surface area contributed by atoms with Gasteiger partial charge in [0.1, 0.15) is 14.7 Å². The normalized spacial score (nSPS) is 12.2. The Kier molecular flexibility index (Phi) is 5.14. The number of rotatable bonds is 5. The maximum absolute atomic E-state index is 11.7. The first-order chi connectivity index (χ1) is 9.00. The molecule has 0 heterocycles. The Bertz CT molecular complexity index is 728. The first-order valence-electron chi connectivity index (χ1n) is 5.29. The van der Waals surface area contributed by atoms with Gasteiger partial charge in [-0.3, -0.25) is 4.79 Å². The van der Waals surface area contributed by atoms with Crippen molar-refractivity contribution in [3.05, 3.63) is 28.8 Å². The van der Waals surface area contributed by atoms with Crippen LogP contribution in [0.3, 0.4) is 0 Å². The van der Waals surface area contributed by atoms with E-state index in [0.717, 1.165) is 12.3 Å². The Labute approximate surface area is 122 Å². The van der Waals surface area contributed by atoms with E-state index in [4.69, 9.17) is 16.7 Å². The maximum atomic E-state index is 11.7. The van der Waals surface area contributed by atoms with Crippen molar-refractivity contribution in [2.75, 3.05) is 18.6 Å². The molecule has 7 nitrogen and oxygen atoms in total. The zero-order valence-electron chi connectivity index (χ0n) is 10.5. The molecule has 0 unspecified atom stereocenters. The van der Waals surface area contributed by atoms with Gasteiger partial charge in [-0.2, -0.15) is 0 Å². The van der Waals surface area contributed by atoms with Gasteiger partial charge in [0, 0.05) is 18.4 Å². The number of nitrogens with one attached hydrogen (secondary N) is 1. The van der Waals surface area contributed by atoms with Gasteiger partial charge in [0.25, 0.3) is 5.91 Å². The fraction of sp³-hybridized carbons (Fsp3) is 0.300. The number of halogens is 1. The zero-order valence-corrected chi connectivity index (χ0v) is 12.8. The highest BCUT2D eigenvalue weighted by atomic mass is 35.5. The molecule has 0 aliphatic rings. The number of benzene rings is 1. The van der Waals surface area contributed by atoms with Gasteiger partial charge in [0.2, 0.25) is 10.0 Å². The van der Waals surface area contributed by atoms with E-state index in [1.54, 1.807) is 0 Å². The van der Waals surface area contributed by atoms with E-state index in [2.05, 4.69) is 5.32 Å². The lowest BCUT2D eigenvalue weighted by atomic mass is 10.2. The van der Waals surface area contributed by atoms with Gasteiger partial charge in [-0.25, -0.2) is 22.0 Å². The highest BCUT2D eigenvalue weighted by molar-refractivity contribution is 7.90. The number of amides is 1. The highest BCUT2D eigenvalue weighted by Crippen LogP contribution is 2.21. The average molecular weight is 341 g/mol. The van der Waals surface area contributed by atoms with Crippen LogP contribution in [0.1, 0.15) is 10.4 Å². The molecule has 20 heavy (non-hydrogen) atoms. The lowest BCUT2D eigenvalue weighted by Crippen LogP contribution is -2.29. The Morgan fingerprint density at radius 1 is 1.30 bits per heavy atom. The minimum Gasteiger partial charge on any atom is -0.351 e. The number of sulfonamides is 1. The molecule has 0 spiro atoms. The van der Waals surface area contributed by atoms with Crippen molar-refractivity contribution in [1.29, 1.82) is 0 Å². The molecule has 0 saturated heterocycles. The Morgan fingerprint density at radius 2 is 1.90 bits per heavy atom. The molecular formula is C10H13ClN2O5S2. The molecule has 1 aromatic rings. The van der Waals surface area contributed by atoms with Crippen molar-refractivity contribution in [2.45, 2.75) is 4.90 Å². The predicted molar refractivity (Wildman–Crippen MR) is 74.9 cm³/mol. The van der Waals surface area contributed by atoms with Gasteiger partial charge in [0.05, 0.1) is 10.8 Å². The lowest BCUT2D eigenvalue weighted by molar-refractivity contribution is 0.0956. The highest BCUT2D eigenvalue weighted by Gasteiger charge is 2.16. The molecule has 0 aliphatic carbocycles. The van der Waals surface area contributed by atoms with Crippen molar-refractivity contribution in [2.24, 2.45) is 5.14 Å². The molecule has 0 radical (unpaired) electrons. The van der Waals surface area contributed by atoms with E-state index >= 15 is 0 Å². The molecule has 0 bridgehead atoms. The van der Waals surface area contributed by atoms with Gasteiger partial charge in [0.15, 0.2) is 0 Å². The fourth-order valence-electron chi connectivity index (χ4n) is 1.31. The second kappa shape index (κ2) is 6.08. The summed E-state index contributed by atoms with van der Waals surface area (Å²) < 4.78 is 44.3. The van der Waals surface area contributed by atoms with Crippen LogP contribution in [-0.2, 0) is 19.9 Å². The Balaban J connectivity index is 2.90. The third-order valence-electron chi connectivity index (χ3n) is 2.26. The molecule has 0 saturated carbocycles. The molecule has 0 aromatic heterocycles. The Hall–Kier alpha value is -1.16. The van der Waals surface area contributed by atoms with Crippen LogP contribution in [0, 0.1) is 0 Å². The Morgan fingerprint density at radius 3 is 2.40 bits per heavy atom. The summed E-state index contributed by atoms with van der Waals surface area (Å²) in [5.74, 6) is -0.829. The summed E-state index contributed by atoms with van der Waals surface area (Å²) in [7, 11) is -7.23. The van der Waals surface area contributed by atoms with Gasteiger partial charge in [-0.15, -0.1) is 0 Å². The van der Waals surface area contributed by atoms with Gasteiger partial charge in [-0.1, -0.05) is 11.6 Å². The number of carbonyl (C=O) groups excluding carboxylic acids is 1. The smallest absolute Gasteiger partial charge is 0.251 e. The summed E-state index contributed by atoms with van der Waals surface area (Å²) >= 11 is 5.68. The minimum absolute atomic E-state index is 0.0203. The van der Waals surface area contributed by atoms with Gasteiger partial charge >= 0.3 is 0 Å². The second-order valence-corrected chi connectivity index (χ2v) is 8.27. The van der Waals surface area contributed by atoms with E-state index in [0.29, 0.717) is 0 Å². The lowest BCUT2D eigenvalue weighted by Gasteiger charge is -2.07. The quantitative estimate of drug-likeness (QED) is 0.765. The van der Waals surface area contributed by atoms with E-state index < -0.39 is 25.8 Å². The third kappa shape index (κ3) is 5.08. The first kappa shape index (κ1) is 16.9. The van der Waals surface area contributed by atoms with Crippen molar-refractivity contribution >= 4 is 37.4 Å². The fourth-order valence-corrected chi connectivity index (χ4v) is 2.86. The van der Waals surface area contributed by atoms with Crippen LogP contribution >= 0.6 is 11.6 Å². The summed E-state index contributed by atoms with van der Waals surface area (Å²) in [5.41, 5.74) is 0.0203. The molecule has 0 fully saturated rings. The standard InChI is InChI=1S/C10H13ClN2O5S2/c1-19(15,16)5-4-13-10(14)7-2-3-8(11)9(6-7)20(12,17)18/h2-3,6H,4-5H2,1H3,(H,13,14)(H2,12,17,18). The van der Waals surface area contributed by atoms with Crippen LogP contribution < -0.4 is 10.5 Å². The summed E-state index contributed by atoms with van der Waals surface area (Å²) in [4.78, 5) is 11.4. The second-order valence-electron chi connectivity index (χ2n) is 4.08. The van der Waals surface area contributed by atoms with Crippen LogP contribution in [-0.4, -0.2) is 41.3 Å². The maximum Gasteiger partial charge on any atom is 0.251 e. The van der Waals surface area contributed by atoms with Crippen molar-refractivity contribution in [3.8, 4) is 0 Å². The number of hydrogen-bond donors (Lipinski definition) is 2. The SMILES string of the molecule is CS(=O)(=O)CCNC(=O)c1ccc(Cl)c(S(N)(=O)=O)c1. The van der Waals surface area contributed by atoms with Crippen molar-refractivity contribution in [3.63, 3.8) is 0 Å². The van der Waals surface area contributed by atoms with E-state index in [1.807, 2.05) is 0 Å². The van der Waals surface area contributed by atoms with Gasteiger partial charge < -0.3 is 5.32 Å². The molecule has 0 atom stereocenters. The number of hydrogen-bond acceptors (Lipinski definition) is 5. The molecule has 1 amide bonds. The van der Waals surface area contributed by atoms with Crippen molar-refractivity contribution < 1.29 is 21.6 Å². The molecule has 0 aliphatic heterocycles. The zero-order chi connectivity index (χ0) is 15.6. The topological polar surface area (TPSA) is 123 Å². The number of sulfone groups is 1. The van der Waals surface area contributed by atoms with E-state index in [-0.39, 0.29) is 27.8 Å². The number of carbonyl (C=O) groups is 1. The monoisotopic (exact) mass is 340 g/mol. The summed E-state index contributed by atoms with van der Waals surface area (Å²) in [6.07, 6.45) is 1.04. The average Bonchev–Trinajstić information content (AvgIpc) is 2.26. The molecule has 112 valence electrons. The molecule has 1 aromatic carbocycles. The largest absolute Gasteiger partial charge is 0.351 e. The molecule has 3 N–H and O–H groups in total.